The lowest BCUT2D eigenvalue weighted by molar-refractivity contribution is -0.385. The van der Waals surface area contributed by atoms with Gasteiger partial charge in [-0.05, 0) is 31.3 Å². The Morgan fingerprint density at radius 2 is 1.86 bits per heavy atom. The molecule has 28 heavy (non-hydrogen) atoms. The first-order chi connectivity index (χ1) is 13.5. The largest absolute Gasteiger partial charge is 0.378 e. The molecule has 0 bridgehead atoms. The Kier molecular flexibility index (Phi) is 6.57. The molecule has 2 aromatic carbocycles. The molecule has 1 aliphatic heterocycles. The number of hydrogen-bond acceptors (Lipinski definition) is 6. The highest BCUT2D eigenvalue weighted by Crippen LogP contribution is 2.20. The molecule has 0 radical (unpaired) electrons. The molecule has 1 saturated heterocycles. The number of morpholine rings is 1. The fourth-order valence-electron chi connectivity index (χ4n) is 3.19. The van der Waals surface area contributed by atoms with Crippen LogP contribution in [0.15, 0.2) is 48.5 Å². The average Bonchev–Trinajstić information content (AvgIpc) is 2.69. The van der Waals surface area contributed by atoms with Gasteiger partial charge in [0.1, 0.15) is 0 Å². The van der Waals surface area contributed by atoms with Crippen molar-refractivity contribution in [3.05, 3.63) is 64.2 Å². The number of nitro benzene ring substituents is 1. The van der Waals surface area contributed by atoms with Crippen molar-refractivity contribution in [2.75, 3.05) is 50.1 Å². The zero-order chi connectivity index (χ0) is 19.9. The SMILES string of the molecule is CN(CC(=O)Nc1ccc(N2CCOCC2)cc1)Cc1ccccc1[N+](=O)[O-]. The molecule has 1 aliphatic rings. The van der Waals surface area contributed by atoms with Crippen molar-refractivity contribution in [2.45, 2.75) is 6.54 Å². The lowest BCUT2D eigenvalue weighted by Crippen LogP contribution is -2.36. The van der Waals surface area contributed by atoms with Crippen molar-refractivity contribution in [1.29, 1.82) is 0 Å². The van der Waals surface area contributed by atoms with Gasteiger partial charge in [-0.15, -0.1) is 0 Å². The lowest BCUT2D eigenvalue weighted by Gasteiger charge is -2.28. The number of nitro groups is 1. The second-order valence-electron chi connectivity index (χ2n) is 6.75. The zero-order valence-corrected chi connectivity index (χ0v) is 15.8. The van der Waals surface area contributed by atoms with Crippen LogP contribution in [-0.4, -0.2) is 55.6 Å². The number of amides is 1. The highest BCUT2D eigenvalue weighted by Gasteiger charge is 2.16. The number of rotatable bonds is 7. The molecule has 0 aliphatic carbocycles. The first-order valence-corrected chi connectivity index (χ1v) is 9.16. The molecule has 2 aromatic rings. The Hall–Kier alpha value is -2.97. The second-order valence-corrected chi connectivity index (χ2v) is 6.75. The van der Waals surface area contributed by atoms with E-state index in [9.17, 15) is 14.9 Å². The van der Waals surface area contributed by atoms with Gasteiger partial charge in [-0.25, -0.2) is 0 Å². The predicted octanol–water partition coefficient (Wildman–Crippen LogP) is 2.50. The summed E-state index contributed by atoms with van der Waals surface area (Å²) in [5.74, 6) is -0.166. The molecule has 8 heteroatoms. The molecule has 0 spiro atoms. The molecular weight excluding hydrogens is 360 g/mol. The Labute approximate surface area is 163 Å². The van der Waals surface area contributed by atoms with Crippen LogP contribution < -0.4 is 10.2 Å². The number of nitrogens with one attached hydrogen (secondary N) is 1. The van der Waals surface area contributed by atoms with Gasteiger partial charge in [0.2, 0.25) is 5.91 Å². The molecule has 1 N–H and O–H groups in total. The minimum absolute atomic E-state index is 0.0634. The van der Waals surface area contributed by atoms with E-state index in [4.69, 9.17) is 4.74 Å². The maximum Gasteiger partial charge on any atom is 0.273 e. The van der Waals surface area contributed by atoms with Gasteiger partial charge in [-0.3, -0.25) is 19.8 Å². The van der Waals surface area contributed by atoms with Gasteiger partial charge in [-0.1, -0.05) is 18.2 Å². The third-order valence-corrected chi connectivity index (χ3v) is 4.57. The van der Waals surface area contributed by atoms with E-state index in [1.807, 2.05) is 24.3 Å². The van der Waals surface area contributed by atoms with Crippen LogP contribution >= 0.6 is 0 Å². The number of benzene rings is 2. The standard InChI is InChI=1S/C20H24N4O4/c1-22(14-16-4-2-3-5-19(16)24(26)27)15-20(25)21-17-6-8-18(9-7-17)23-10-12-28-13-11-23/h2-9H,10-15H2,1H3,(H,21,25). The number of carbonyl (C=O) groups excluding carboxylic acids is 1. The topological polar surface area (TPSA) is 88.0 Å². The third kappa shape index (κ3) is 5.28. The van der Waals surface area contributed by atoms with E-state index in [1.165, 1.54) is 6.07 Å². The zero-order valence-electron chi connectivity index (χ0n) is 15.8. The van der Waals surface area contributed by atoms with Gasteiger partial charge in [0.15, 0.2) is 0 Å². The first kappa shape index (κ1) is 19.8. The van der Waals surface area contributed by atoms with Crippen molar-refractivity contribution >= 4 is 23.0 Å². The van der Waals surface area contributed by atoms with Crippen LogP contribution in [-0.2, 0) is 16.1 Å². The second kappa shape index (κ2) is 9.29. The van der Waals surface area contributed by atoms with Gasteiger partial charge in [0, 0.05) is 42.6 Å². The monoisotopic (exact) mass is 384 g/mol. The normalized spacial score (nSPS) is 14.1. The summed E-state index contributed by atoms with van der Waals surface area (Å²) in [5, 5.41) is 14.0. The molecule has 1 amide bonds. The summed E-state index contributed by atoms with van der Waals surface area (Å²) in [5.41, 5.74) is 2.47. The number of nitrogens with zero attached hydrogens (tertiary/aromatic N) is 3. The summed E-state index contributed by atoms with van der Waals surface area (Å²) in [6, 6.07) is 14.3. The summed E-state index contributed by atoms with van der Waals surface area (Å²) in [7, 11) is 1.76. The van der Waals surface area contributed by atoms with Crippen molar-refractivity contribution < 1.29 is 14.5 Å². The van der Waals surface area contributed by atoms with E-state index in [2.05, 4.69) is 10.2 Å². The molecule has 0 atom stereocenters. The molecule has 1 heterocycles. The van der Waals surface area contributed by atoms with Crippen molar-refractivity contribution in [3.63, 3.8) is 0 Å². The molecule has 3 rings (SSSR count). The molecule has 0 saturated carbocycles. The van der Waals surface area contributed by atoms with Crippen LogP contribution in [0.3, 0.4) is 0 Å². The Morgan fingerprint density at radius 1 is 1.18 bits per heavy atom. The van der Waals surface area contributed by atoms with E-state index >= 15 is 0 Å². The minimum Gasteiger partial charge on any atom is -0.378 e. The summed E-state index contributed by atoms with van der Waals surface area (Å²) < 4.78 is 5.36. The number of para-hydroxylation sites is 1. The quantitative estimate of drug-likeness (QED) is 0.583. The predicted molar refractivity (Wildman–Crippen MR) is 108 cm³/mol. The molecule has 1 fully saturated rings. The molecular formula is C20H24N4O4. The van der Waals surface area contributed by atoms with Crippen molar-refractivity contribution in [1.82, 2.24) is 4.90 Å². The van der Waals surface area contributed by atoms with Gasteiger partial charge in [0.25, 0.3) is 5.69 Å². The van der Waals surface area contributed by atoms with Gasteiger partial charge in [-0.2, -0.15) is 0 Å². The van der Waals surface area contributed by atoms with Crippen LogP contribution in [0.2, 0.25) is 0 Å². The maximum atomic E-state index is 12.3. The molecule has 148 valence electrons. The lowest BCUT2D eigenvalue weighted by atomic mass is 10.1. The van der Waals surface area contributed by atoms with E-state index in [0.717, 1.165) is 37.7 Å². The van der Waals surface area contributed by atoms with E-state index in [0.29, 0.717) is 12.1 Å². The summed E-state index contributed by atoms with van der Waals surface area (Å²) in [4.78, 5) is 27.0. The fourth-order valence-corrected chi connectivity index (χ4v) is 3.19. The first-order valence-electron chi connectivity index (χ1n) is 9.16. The van der Waals surface area contributed by atoms with E-state index in [1.54, 1.807) is 30.1 Å². The minimum atomic E-state index is -0.404. The van der Waals surface area contributed by atoms with Crippen LogP contribution in [0.25, 0.3) is 0 Å². The van der Waals surface area contributed by atoms with Crippen LogP contribution in [0, 0.1) is 10.1 Å². The van der Waals surface area contributed by atoms with Crippen LogP contribution in [0.5, 0.6) is 0 Å². The summed E-state index contributed by atoms with van der Waals surface area (Å²) >= 11 is 0. The maximum absolute atomic E-state index is 12.3. The highest BCUT2D eigenvalue weighted by atomic mass is 16.6. The van der Waals surface area contributed by atoms with Crippen molar-refractivity contribution in [3.8, 4) is 0 Å². The summed E-state index contributed by atoms with van der Waals surface area (Å²) in [6.07, 6.45) is 0. The molecule has 8 nitrogen and oxygen atoms in total. The average molecular weight is 384 g/mol. The van der Waals surface area contributed by atoms with Gasteiger partial charge < -0.3 is 15.0 Å². The fraction of sp³-hybridized carbons (Fsp3) is 0.350. The Morgan fingerprint density at radius 3 is 2.54 bits per heavy atom. The highest BCUT2D eigenvalue weighted by molar-refractivity contribution is 5.92. The van der Waals surface area contributed by atoms with Crippen LogP contribution in [0.4, 0.5) is 17.1 Å². The molecule has 0 aromatic heterocycles. The Balaban J connectivity index is 1.53. The third-order valence-electron chi connectivity index (χ3n) is 4.57. The summed E-state index contributed by atoms with van der Waals surface area (Å²) in [6.45, 7) is 3.64. The number of carbonyl (C=O) groups is 1. The van der Waals surface area contributed by atoms with Crippen molar-refractivity contribution in [2.24, 2.45) is 0 Å². The van der Waals surface area contributed by atoms with Gasteiger partial charge >= 0.3 is 0 Å². The number of likely N-dealkylation sites (N-methyl/N-ethyl adjacent to an activating group) is 1. The van der Waals surface area contributed by atoms with Gasteiger partial charge in [0.05, 0.1) is 24.7 Å². The number of hydrogen-bond donors (Lipinski definition) is 1. The van der Waals surface area contributed by atoms with E-state index in [-0.39, 0.29) is 18.1 Å². The number of anilines is 2. The van der Waals surface area contributed by atoms with Crippen LogP contribution in [0.1, 0.15) is 5.56 Å². The number of ether oxygens (including phenoxy) is 1. The Bertz CT molecular complexity index is 819. The smallest absolute Gasteiger partial charge is 0.273 e. The molecule has 0 unspecified atom stereocenters. The van der Waals surface area contributed by atoms with E-state index < -0.39 is 4.92 Å².